The zero-order chi connectivity index (χ0) is 11.5. The predicted molar refractivity (Wildman–Crippen MR) is 72.3 cm³/mol. The SMILES string of the molecule is C=C[Si](C)(C)O[Si](C)(C)c1ccccc1. The first-order valence-corrected chi connectivity index (χ1v) is 11.2. The number of hydrogen-bond donors (Lipinski definition) is 0. The minimum atomic E-state index is -1.75. The van der Waals surface area contributed by atoms with Gasteiger partial charge >= 0.3 is 0 Å². The van der Waals surface area contributed by atoms with E-state index in [1.165, 1.54) is 5.19 Å². The molecule has 1 aromatic rings. The summed E-state index contributed by atoms with van der Waals surface area (Å²) in [5.41, 5.74) is 2.00. The highest BCUT2D eigenvalue weighted by Crippen LogP contribution is 2.15. The van der Waals surface area contributed by atoms with E-state index in [9.17, 15) is 0 Å². The summed E-state index contributed by atoms with van der Waals surface area (Å²) in [6.07, 6.45) is 0. The van der Waals surface area contributed by atoms with Crippen molar-refractivity contribution >= 4 is 21.8 Å². The Hall–Kier alpha value is -0.646. The minimum absolute atomic E-state index is 1.35. The van der Waals surface area contributed by atoms with Crippen LogP contribution in [0.4, 0.5) is 0 Å². The van der Waals surface area contributed by atoms with E-state index >= 15 is 0 Å². The third kappa shape index (κ3) is 3.44. The minimum Gasteiger partial charge on any atom is -0.449 e. The Kier molecular flexibility index (Phi) is 3.70. The summed E-state index contributed by atoms with van der Waals surface area (Å²) in [6.45, 7) is 12.8. The normalized spacial score (nSPS) is 12.5. The highest BCUT2D eigenvalue weighted by atomic mass is 28.4. The molecule has 0 aliphatic carbocycles. The Labute approximate surface area is 95.1 Å². The lowest BCUT2D eigenvalue weighted by molar-refractivity contribution is 0.572. The second kappa shape index (κ2) is 4.47. The topological polar surface area (TPSA) is 9.23 Å². The third-order valence-corrected chi connectivity index (χ3v) is 9.33. The molecule has 0 amide bonds. The van der Waals surface area contributed by atoms with Gasteiger partial charge in [0, 0.05) is 0 Å². The molecule has 0 aromatic heterocycles. The largest absolute Gasteiger partial charge is 0.449 e. The molecular formula is C12H20OSi2. The fourth-order valence-electron chi connectivity index (χ4n) is 1.60. The summed E-state index contributed by atoms with van der Waals surface area (Å²) < 4.78 is 6.32. The van der Waals surface area contributed by atoms with Crippen molar-refractivity contribution in [2.45, 2.75) is 26.2 Å². The Morgan fingerprint density at radius 3 is 2.07 bits per heavy atom. The van der Waals surface area contributed by atoms with Gasteiger partial charge in [0.2, 0.25) is 8.32 Å². The molecular weight excluding hydrogens is 216 g/mol. The van der Waals surface area contributed by atoms with Crippen molar-refractivity contribution in [1.82, 2.24) is 0 Å². The lowest BCUT2D eigenvalue weighted by Crippen LogP contribution is -2.51. The van der Waals surface area contributed by atoms with Gasteiger partial charge < -0.3 is 4.12 Å². The van der Waals surface area contributed by atoms with Crippen LogP contribution < -0.4 is 5.19 Å². The number of hydrogen-bond acceptors (Lipinski definition) is 1. The van der Waals surface area contributed by atoms with Crippen LogP contribution in [0.1, 0.15) is 0 Å². The lowest BCUT2D eigenvalue weighted by atomic mass is 10.4. The summed E-state index contributed by atoms with van der Waals surface area (Å²) in [6, 6.07) is 10.5. The van der Waals surface area contributed by atoms with Crippen LogP contribution in [0.15, 0.2) is 42.6 Å². The Bertz CT molecular complexity index is 331. The smallest absolute Gasteiger partial charge is 0.206 e. The van der Waals surface area contributed by atoms with Crippen LogP contribution in [0, 0.1) is 0 Å². The zero-order valence-corrected chi connectivity index (χ0v) is 12.1. The van der Waals surface area contributed by atoms with E-state index in [2.05, 4.69) is 57.0 Å². The number of rotatable bonds is 4. The average Bonchev–Trinajstić information content (AvgIpc) is 2.18. The quantitative estimate of drug-likeness (QED) is 0.730. The molecule has 1 aromatic carbocycles. The molecule has 0 aliphatic heterocycles. The van der Waals surface area contributed by atoms with Crippen molar-refractivity contribution in [3.8, 4) is 0 Å². The van der Waals surface area contributed by atoms with Crippen LogP contribution in [0.5, 0.6) is 0 Å². The van der Waals surface area contributed by atoms with Gasteiger partial charge in [0.05, 0.1) is 0 Å². The summed E-state index contributed by atoms with van der Waals surface area (Å²) >= 11 is 0. The van der Waals surface area contributed by atoms with Gasteiger partial charge in [0.25, 0.3) is 0 Å². The second-order valence-electron chi connectivity index (χ2n) is 4.79. The first-order chi connectivity index (χ1) is 6.87. The maximum Gasteiger partial charge on any atom is 0.206 e. The van der Waals surface area contributed by atoms with Crippen LogP contribution >= 0.6 is 0 Å². The van der Waals surface area contributed by atoms with Crippen molar-refractivity contribution < 1.29 is 4.12 Å². The van der Waals surface area contributed by atoms with Gasteiger partial charge in [-0.3, -0.25) is 0 Å². The van der Waals surface area contributed by atoms with Gasteiger partial charge in [0.15, 0.2) is 8.32 Å². The summed E-state index contributed by atoms with van der Waals surface area (Å²) in [5, 5.41) is 1.35. The maximum absolute atomic E-state index is 6.32. The molecule has 3 heteroatoms. The van der Waals surface area contributed by atoms with Gasteiger partial charge in [0.1, 0.15) is 0 Å². The average molecular weight is 236 g/mol. The molecule has 0 bridgehead atoms. The molecule has 0 aliphatic rings. The standard InChI is InChI=1S/C12H20OSi2/c1-6-14(2,3)13-15(4,5)12-10-8-7-9-11-12/h6-11H,1H2,2-5H3. The van der Waals surface area contributed by atoms with Gasteiger partial charge in [-0.15, -0.1) is 6.58 Å². The molecule has 0 atom stereocenters. The molecule has 0 fully saturated rings. The van der Waals surface area contributed by atoms with E-state index in [0.717, 1.165) is 0 Å². The van der Waals surface area contributed by atoms with E-state index < -0.39 is 16.6 Å². The van der Waals surface area contributed by atoms with Gasteiger partial charge in [-0.1, -0.05) is 36.0 Å². The molecule has 82 valence electrons. The van der Waals surface area contributed by atoms with Crippen LogP contribution in [-0.4, -0.2) is 16.6 Å². The number of benzene rings is 1. The highest BCUT2D eigenvalue weighted by Gasteiger charge is 2.32. The fraction of sp³-hybridized carbons (Fsp3) is 0.333. The fourth-order valence-corrected chi connectivity index (χ4v) is 8.66. The first-order valence-electron chi connectivity index (χ1n) is 5.27. The van der Waals surface area contributed by atoms with Crippen molar-refractivity contribution in [3.63, 3.8) is 0 Å². The van der Waals surface area contributed by atoms with E-state index in [1.807, 2.05) is 11.8 Å². The molecule has 0 saturated heterocycles. The van der Waals surface area contributed by atoms with Crippen LogP contribution in [0.2, 0.25) is 26.2 Å². The molecule has 15 heavy (non-hydrogen) atoms. The van der Waals surface area contributed by atoms with E-state index in [0.29, 0.717) is 0 Å². The highest BCUT2D eigenvalue weighted by molar-refractivity contribution is 6.93. The van der Waals surface area contributed by atoms with Crippen molar-refractivity contribution in [2.75, 3.05) is 0 Å². The molecule has 1 rings (SSSR count). The third-order valence-electron chi connectivity index (χ3n) is 2.48. The zero-order valence-electron chi connectivity index (χ0n) is 10.1. The molecule has 0 unspecified atom stereocenters. The summed E-state index contributed by atoms with van der Waals surface area (Å²) in [4.78, 5) is 0. The van der Waals surface area contributed by atoms with Crippen LogP contribution in [-0.2, 0) is 4.12 Å². The van der Waals surface area contributed by atoms with Crippen molar-refractivity contribution in [3.05, 3.63) is 42.6 Å². The summed E-state index contributed by atoms with van der Waals surface area (Å²) in [5.74, 6) is 0. The maximum atomic E-state index is 6.32. The van der Waals surface area contributed by atoms with Gasteiger partial charge in [-0.05, 0) is 31.4 Å². The molecule has 1 nitrogen and oxygen atoms in total. The van der Waals surface area contributed by atoms with Crippen LogP contribution in [0.3, 0.4) is 0 Å². The Balaban J connectivity index is 2.89. The van der Waals surface area contributed by atoms with Crippen molar-refractivity contribution in [2.24, 2.45) is 0 Å². The van der Waals surface area contributed by atoms with Crippen molar-refractivity contribution in [1.29, 1.82) is 0 Å². The van der Waals surface area contributed by atoms with Crippen LogP contribution in [0.25, 0.3) is 0 Å². The molecule has 0 radical (unpaired) electrons. The molecule has 0 spiro atoms. The molecule has 0 N–H and O–H groups in total. The second-order valence-corrected chi connectivity index (χ2v) is 12.8. The van der Waals surface area contributed by atoms with E-state index in [4.69, 9.17) is 4.12 Å². The Morgan fingerprint density at radius 2 is 1.60 bits per heavy atom. The monoisotopic (exact) mass is 236 g/mol. The first kappa shape index (κ1) is 12.4. The van der Waals surface area contributed by atoms with E-state index in [-0.39, 0.29) is 0 Å². The van der Waals surface area contributed by atoms with Gasteiger partial charge in [-0.25, -0.2) is 0 Å². The lowest BCUT2D eigenvalue weighted by Gasteiger charge is -2.32. The Morgan fingerprint density at radius 1 is 1.07 bits per heavy atom. The predicted octanol–water partition coefficient (Wildman–Crippen LogP) is 3.05. The molecule has 0 saturated carbocycles. The van der Waals surface area contributed by atoms with E-state index in [1.54, 1.807) is 0 Å². The summed E-state index contributed by atoms with van der Waals surface area (Å²) in [7, 11) is -3.42. The van der Waals surface area contributed by atoms with Gasteiger partial charge in [-0.2, -0.15) is 0 Å². The molecule has 0 heterocycles.